The van der Waals surface area contributed by atoms with Crippen LogP contribution in [0.15, 0.2) is 142 Å². The quantitative estimate of drug-likeness (QED) is 0.124. The number of hydrogen-bond donors (Lipinski definition) is 3. The molecule has 0 atom stereocenters. The van der Waals surface area contributed by atoms with Crippen molar-refractivity contribution < 1.29 is 13.6 Å². The van der Waals surface area contributed by atoms with Gasteiger partial charge in [-0.15, -0.1) is 0 Å². The summed E-state index contributed by atoms with van der Waals surface area (Å²) in [5.74, 6) is 5.46. The van der Waals surface area contributed by atoms with Crippen LogP contribution in [0.25, 0.3) is 84.1 Å². The lowest BCUT2D eigenvalue weighted by molar-refractivity contribution is 0.393. The molecule has 0 bridgehead atoms. The van der Waals surface area contributed by atoms with Crippen LogP contribution in [0.5, 0.6) is 0 Å². The lowest BCUT2D eigenvalue weighted by atomic mass is 10.0. The Morgan fingerprint density at radius 3 is 0.907 bits per heavy atom. The van der Waals surface area contributed by atoms with E-state index < -0.39 is 0 Å². The van der Waals surface area contributed by atoms with Crippen molar-refractivity contribution in [3.63, 3.8) is 0 Å². The summed E-state index contributed by atoms with van der Waals surface area (Å²) < 4.78 is 22.2. The number of aromatic nitrogens is 10. The van der Waals surface area contributed by atoms with Gasteiger partial charge in [-0.2, -0.15) is 0 Å². The summed E-state index contributed by atoms with van der Waals surface area (Å²) in [4.78, 5) is 18.9. The molecule has 0 fully saturated rings. The fraction of sp³-hybridized carbons (Fsp3) is 0.329. The first-order valence-electron chi connectivity index (χ1n) is 28.0. The molecule has 3 aromatic carbocycles. The van der Waals surface area contributed by atoms with Crippen molar-refractivity contribution in [2.45, 2.75) is 157 Å². The third-order valence-corrected chi connectivity index (χ3v) is 13.9. The van der Waals surface area contributed by atoms with E-state index in [4.69, 9.17) is 28.5 Å². The van der Waals surface area contributed by atoms with Gasteiger partial charge in [0.15, 0.2) is 0 Å². The second-order valence-electron chi connectivity index (χ2n) is 24.6. The molecule has 0 aliphatic rings. The van der Waals surface area contributed by atoms with E-state index >= 15 is 0 Å². The monoisotopic (exact) mass is 1160 g/mol. The van der Waals surface area contributed by atoms with Gasteiger partial charge in [-0.1, -0.05) is 123 Å². The Morgan fingerprint density at radius 2 is 0.628 bits per heavy atom. The molecular formula is C70H87N13O3. The van der Waals surface area contributed by atoms with E-state index in [-0.39, 0.29) is 38.9 Å². The minimum Gasteiger partial charge on any atom is -0.365 e. The van der Waals surface area contributed by atoms with Gasteiger partial charge in [-0.3, -0.25) is 13.2 Å². The molecule has 0 saturated heterocycles. The lowest BCUT2D eigenvalue weighted by Gasteiger charge is -2.22. The Morgan fingerprint density at radius 1 is 0.349 bits per heavy atom. The SMILES string of the molecule is C.C.C.Cc1ccc2nc(-c3ccc(-c4c(C)noc4C)cc3)c(NC(C)(C)C)n2c1.Cc1ccc2nc(-c3ccc(-c4c(C)noc4C)cc3)c(NC(C)(C)C)n2c1.Cc1noc(C)c1-c1ccc(-c2nc3ccncn3c2NC(C)(C)C)cc1. The Balaban J connectivity index is 0.000000181. The highest BCUT2D eigenvalue weighted by Gasteiger charge is 2.24. The standard InChI is InChI=1S/2C23H26N4O.C21H23N5O.3CH4/c2*1-14-7-12-19-24-21(22(27(19)13-14)25-23(4,5)6)18-10-8-17(9-11-18)20-15(2)26-28-16(20)3;1-13-18(14(2)27-25-13)15-6-8-16(9-7-15)19-20(24-21(3,4)5)26-12-22-11-10-17(26)23-19;;;/h2*7-13,25H,1-6H3;6-12,24H,1-5H3;3*1H4. The molecule has 9 heterocycles. The van der Waals surface area contributed by atoms with Crippen molar-refractivity contribution in [3.05, 3.63) is 174 Å². The summed E-state index contributed by atoms with van der Waals surface area (Å²) in [5.41, 5.74) is 20.0. The van der Waals surface area contributed by atoms with Gasteiger partial charge < -0.3 is 29.5 Å². The zero-order valence-electron chi connectivity index (χ0n) is 50.8. The highest BCUT2D eigenvalue weighted by molar-refractivity contribution is 5.82. The lowest BCUT2D eigenvalue weighted by Crippen LogP contribution is -2.27. The highest BCUT2D eigenvalue weighted by Crippen LogP contribution is 2.38. The fourth-order valence-electron chi connectivity index (χ4n) is 10.3. The molecule has 0 spiro atoms. The van der Waals surface area contributed by atoms with Gasteiger partial charge in [0.2, 0.25) is 0 Å². The molecule has 0 saturated carbocycles. The molecule has 12 aromatic rings. The molecule has 16 nitrogen and oxygen atoms in total. The van der Waals surface area contributed by atoms with Gasteiger partial charge in [0.25, 0.3) is 0 Å². The molecule has 12 rings (SSSR count). The van der Waals surface area contributed by atoms with Crippen LogP contribution in [-0.4, -0.2) is 65.2 Å². The minimum atomic E-state index is -0.100. The number of anilines is 3. The number of imidazole rings is 3. The third kappa shape index (κ3) is 13.8. The van der Waals surface area contributed by atoms with E-state index in [1.54, 1.807) is 12.5 Å². The van der Waals surface area contributed by atoms with E-state index in [0.717, 1.165) is 136 Å². The predicted octanol–water partition coefficient (Wildman–Crippen LogP) is 18.4. The van der Waals surface area contributed by atoms with Gasteiger partial charge in [0.1, 0.15) is 75.1 Å². The predicted molar refractivity (Wildman–Crippen MR) is 354 cm³/mol. The average Bonchev–Trinajstić information content (AvgIpc) is 1.96. The second-order valence-corrected chi connectivity index (χ2v) is 24.6. The Hall–Kier alpha value is -9.31. The van der Waals surface area contributed by atoms with E-state index in [9.17, 15) is 0 Å². The number of fused-ring (bicyclic) bond motifs is 3. The van der Waals surface area contributed by atoms with E-state index in [1.807, 2.05) is 52.0 Å². The smallest absolute Gasteiger partial charge is 0.141 e. The average molecular weight is 1160 g/mol. The van der Waals surface area contributed by atoms with Gasteiger partial charge in [-0.25, -0.2) is 19.9 Å². The van der Waals surface area contributed by atoms with Crippen molar-refractivity contribution in [1.82, 2.24) is 48.6 Å². The van der Waals surface area contributed by atoms with Crippen LogP contribution in [-0.2, 0) is 0 Å². The number of nitrogens with one attached hydrogen (secondary N) is 3. The minimum absolute atomic E-state index is 0. The summed E-state index contributed by atoms with van der Waals surface area (Å²) in [6, 6.07) is 35.5. The van der Waals surface area contributed by atoms with Gasteiger partial charge >= 0.3 is 0 Å². The van der Waals surface area contributed by atoms with Crippen LogP contribution in [0, 0.1) is 55.4 Å². The molecule has 3 N–H and O–H groups in total. The molecule has 450 valence electrons. The number of rotatable bonds is 9. The number of benzene rings is 3. The summed E-state index contributed by atoms with van der Waals surface area (Å²) in [6.45, 7) is 35.3. The maximum absolute atomic E-state index is 5.31. The maximum Gasteiger partial charge on any atom is 0.141 e. The van der Waals surface area contributed by atoms with E-state index in [0.29, 0.717) is 0 Å². The summed E-state index contributed by atoms with van der Waals surface area (Å²) in [7, 11) is 0. The zero-order valence-corrected chi connectivity index (χ0v) is 50.8. The van der Waals surface area contributed by atoms with Crippen molar-refractivity contribution in [3.8, 4) is 67.2 Å². The maximum atomic E-state index is 5.31. The molecule has 0 amide bonds. The first kappa shape index (κ1) is 64.3. The van der Waals surface area contributed by atoms with Crippen molar-refractivity contribution >= 4 is 34.4 Å². The first-order valence-corrected chi connectivity index (χ1v) is 28.0. The summed E-state index contributed by atoms with van der Waals surface area (Å²) in [5, 5.41) is 23.0. The summed E-state index contributed by atoms with van der Waals surface area (Å²) >= 11 is 0. The molecule has 0 unspecified atom stereocenters. The zero-order chi connectivity index (χ0) is 59.3. The van der Waals surface area contributed by atoms with Crippen molar-refractivity contribution in [2.75, 3.05) is 16.0 Å². The third-order valence-electron chi connectivity index (χ3n) is 13.9. The number of aryl methyl sites for hydroxylation is 8. The van der Waals surface area contributed by atoms with E-state index in [1.165, 1.54) is 11.1 Å². The molecule has 16 heteroatoms. The van der Waals surface area contributed by atoms with Crippen LogP contribution in [0.3, 0.4) is 0 Å². The van der Waals surface area contributed by atoms with Crippen LogP contribution >= 0.6 is 0 Å². The van der Waals surface area contributed by atoms with Gasteiger partial charge in [0.05, 0.1) is 17.1 Å². The highest BCUT2D eigenvalue weighted by atomic mass is 16.5. The molecule has 0 radical (unpaired) electrons. The van der Waals surface area contributed by atoms with E-state index in [2.05, 4.69) is 231 Å². The second kappa shape index (κ2) is 25.1. The first-order chi connectivity index (χ1) is 39.3. The molecule has 0 aliphatic carbocycles. The molecule has 0 aliphatic heterocycles. The Kier molecular flexibility index (Phi) is 18.8. The van der Waals surface area contributed by atoms with Crippen LogP contribution in [0.2, 0.25) is 0 Å². The Bertz CT molecular complexity index is 4020. The topological polar surface area (TPSA) is 179 Å². The largest absolute Gasteiger partial charge is 0.365 e. The normalized spacial score (nSPS) is 11.5. The Labute approximate surface area is 507 Å². The molecule has 9 aromatic heterocycles. The van der Waals surface area contributed by atoms with Crippen LogP contribution < -0.4 is 16.0 Å². The summed E-state index contributed by atoms with van der Waals surface area (Å²) in [6.07, 6.45) is 7.79. The van der Waals surface area contributed by atoms with Crippen molar-refractivity contribution in [2.24, 2.45) is 0 Å². The molecule has 86 heavy (non-hydrogen) atoms. The van der Waals surface area contributed by atoms with Crippen molar-refractivity contribution in [1.29, 1.82) is 0 Å². The van der Waals surface area contributed by atoms with Crippen LogP contribution in [0.1, 0.15) is 130 Å². The molecular weight excluding hydrogens is 1070 g/mol. The number of nitrogens with zero attached hydrogens (tertiary/aromatic N) is 10. The number of pyridine rings is 2. The fourth-order valence-corrected chi connectivity index (χ4v) is 10.3. The van der Waals surface area contributed by atoms with Crippen LogP contribution in [0.4, 0.5) is 17.5 Å². The van der Waals surface area contributed by atoms with Gasteiger partial charge in [0, 0.05) is 68.6 Å². The van der Waals surface area contributed by atoms with Gasteiger partial charge in [-0.05, 0) is 164 Å². The number of hydrogen-bond acceptors (Lipinski definition) is 13.